The largest absolute Gasteiger partial charge is 0.452 e. The summed E-state index contributed by atoms with van der Waals surface area (Å²) in [6.45, 7) is 9.67. The molecule has 214 valence electrons. The Hall–Kier alpha value is -4.72. The molecule has 0 fully saturated rings. The minimum atomic E-state index is -0.649. The summed E-state index contributed by atoms with van der Waals surface area (Å²) in [5.74, 6) is -1.16. The second-order valence-electron chi connectivity index (χ2n) is 10.6. The van der Waals surface area contributed by atoms with Gasteiger partial charge in [0.1, 0.15) is 11.3 Å². The Morgan fingerprint density at radius 3 is 2.40 bits per heavy atom. The van der Waals surface area contributed by atoms with E-state index in [-0.39, 0.29) is 23.8 Å². The average molecular weight is 568 g/mol. The van der Waals surface area contributed by atoms with Crippen LogP contribution < -0.4 is 10.2 Å². The minimum Gasteiger partial charge on any atom is -0.452 e. The third-order valence-corrected chi connectivity index (χ3v) is 7.37. The number of aromatic nitrogens is 3. The van der Waals surface area contributed by atoms with Crippen molar-refractivity contribution in [3.63, 3.8) is 0 Å². The Morgan fingerprint density at radius 2 is 1.74 bits per heavy atom. The second kappa shape index (κ2) is 11.6. The maximum atomic E-state index is 15.2. The highest BCUT2D eigenvalue weighted by Gasteiger charge is 2.21. The molecule has 0 unspecified atom stereocenters. The van der Waals surface area contributed by atoms with E-state index in [0.717, 1.165) is 17.7 Å². The molecule has 0 spiro atoms. The van der Waals surface area contributed by atoms with Crippen LogP contribution in [0.5, 0.6) is 11.5 Å². The molecular formula is C34H31F2N3O3. The molecule has 3 heterocycles. The normalized spacial score (nSPS) is 11.3. The monoisotopic (exact) mass is 567 g/mol. The molecule has 5 aromatic rings. The van der Waals surface area contributed by atoms with Crippen LogP contribution in [0.25, 0.3) is 22.2 Å². The van der Waals surface area contributed by atoms with E-state index < -0.39 is 22.8 Å². The molecule has 0 amide bonds. The first-order valence-electron chi connectivity index (χ1n) is 13.8. The van der Waals surface area contributed by atoms with Crippen LogP contribution in [0.1, 0.15) is 59.7 Å². The molecule has 3 aromatic heterocycles. The Balaban J connectivity index is 1.45. The third kappa shape index (κ3) is 5.57. The molecule has 42 heavy (non-hydrogen) atoms. The van der Waals surface area contributed by atoms with Gasteiger partial charge in [0.25, 0.3) is 0 Å². The van der Waals surface area contributed by atoms with Crippen LogP contribution in [0.15, 0.2) is 71.8 Å². The SMILES string of the molecule is CCc1nc2c(Oc3ccc(CC(=O)c4cn(C(C)C)c(C)c(-c5ccc(F)cc5)c4=O)cc3F)ccnc2cc1C. The predicted molar refractivity (Wildman–Crippen MR) is 159 cm³/mol. The Morgan fingerprint density at radius 1 is 1.00 bits per heavy atom. The number of ether oxygens (including phenoxy) is 1. The molecule has 0 aliphatic heterocycles. The number of Topliss-reactive ketones (excluding diaryl/α,β-unsaturated/α-hetero) is 1. The summed E-state index contributed by atoms with van der Waals surface area (Å²) < 4.78 is 36.6. The van der Waals surface area contributed by atoms with E-state index in [1.807, 2.05) is 38.3 Å². The van der Waals surface area contributed by atoms with Gasteiger partial charge in [0.05, 0.1) is 11.1 Å². The summed E-state index contributed by atoms with van der Waals surface area (Å²) in [5, 5.41) is 0. The summed E-state index contributed by atoms with van der Waals surface area (Å²) in [6.07, 6.45) is 3.69. The van der Waals surface area contributed by atoms with Gasteiger partial charge in [-0.15, -0.1) is 0 Å². The quantitative estimate of drug-likeness (QED) is 0.180. The predicted octanol–water partition coefficient (Wildman–Crippen LogP) is 7.71. The lowest BCUT2D eigenvalue weighted by Crippen LogP contribution is -2.24. The first kappa shape index (κ1) is 28.8. The molecular weight excluding hydrogens is 536 g/mol. The number of carbonyl (C=O) groups excluding carboxylic acids is 1. The van der Waals surface area contributed by atoms with Crippen molar-refractivity contribution in [1.29, 1.82) is 0 Å². The maximum Gasteiger partial charge on any atom is 0.200 e. The van der Waals surface area contributed by atoms with Crippen LogP contribution in [-0.2, 0) is 12.8 Å². The number of nitrogens with zero attached hydrogens (tertiary/aromatic N) is 3. The minimum absolute atomic E-state index is 0.00860. The molecule has 2 aromatic carbocycles. The van der Waals surface area contributed by atoms with E-state index >= 15 is 4.39 Å². The zero-order valence-electron chi connectivity index (χ0n) is 24.2. The number of hydrogen-bond donors (Lipinski definition) is 0. The van der Waals surface area contributed by atoms with Crippen molar-refractivity contribution in [3.8, 4) is 22.6 Å². The fourth-order valence-corrected chi connectivity index (χ4v) is 5.17. The van der Waals surface area contributed by atoms with Crippen molar-refractivity contribution in [2.75, 3.05) is 0 Å². The van der Waals surface area contributed by atoms with Crippen LogP contribution >= 0.6 is 0 Å². The molecule has 6 nitrogen and oxygen atoms in total. The summed E-state index contributed by atoms with van der Waals surface area (Å²) in [5.41, 5.74) is 4.59. The maximum absolute atomic E-state index is 15.2. The van der Waals surface area contributed by atoms with E-state index in [4.69, 9.17) is 4.74 Å². The van der Waals surface area contributed by atoms with Crippen LogP contribution in [0.4, 0.5) is 8.78 Å². The lowest BCUT2D eigenvalue weighted by Gasteiger charge is -2.20. The van der Waals surface area contributed by atoms with E-state index in [0.29, 0.717) is 39.2 Å². The fourth-order valence-electron chi connectivity index (χ4n) is 5.17. The molecule has 0 atom stereocenters. The Labute approximate surface area is 242 Å². The zero-order chi connectivity index (χ0) is 30.1. The average Bonchev–Trinajstić information content (AvgIpc) is 2.95. The topological polar surface area (TPSA) is 74.1 Å². The molecule has 0 aliphatic rings. The summed E-state index contributed by atoms with van der Waals surface area (Å²) in [4.78, 5) is 36.0. The van der Waals surface area contributed by atoms with E-state index in [1.54, 1.807) is 31.5 Å². The first-order valence-corrected chi connectivity index (χ1v) is 13.8. The van der Waals surface area contributed by atoms with E-state index in [1.165, 1.54) is 36.4 Å². The van der Waals surface area contributed by atoms with E-state index in [9.17, 15) is 14.0 Å². The van der Waals surface area contributed by atoms with Gasteiger partial charge in [-0.1, -0.05) is 25.1 Å². The number of benzene rings is 2. The lowest BCUT2D eigenvalue weighted by atomic mass is 9.97. The van der Waals surface area contributed by atoms with Crippen LogP contribution in [0, 0.1) is 25.5 Å². The highest BCUT2D eigenvalue weighted by molar-refractivity contribution is 5.98. The number of carbonyl (C=O) groups is 1. The van der Waals surface area contributed by atoms with Crippen LogP contribution in [-0.4, -0.2) is 20.3 Å². The number of fused-ring (bicyclic) bond motifs is 1. The van der Waals surface area contributed by atoms with Crippen molar-refractivity contribution >= 4 is 16.8 Å². The molecule has 0 saturated heterocycles. The van der Waals surface area contributed by atoms with Crippen molar-refractivity contribution in [3.05, 3.63) is 117 Å². The Kier molecular flexibility index (Phi) is 7.98. The molecule has 5 rings (SSSR count). The summed E-state index contributed by atoms with van der Waals surface area (Å²) in [6, 6.07) is 13.4. The van der Waals surface area contributed by atoms with Crippen molar-refractivity contribution in [1.82, 2.24) is 14.5 Å². The third-order valence-electron chi connectivity index (χ3n) is 7.37. The molecule has 8 heteroatoms. The molecule has 0 N–H and O–H groups in total. The number of ketones is 1. The smallest absolute Gasteiger partial charge is 0.200 e. The van der Waals surface area contributed by atoms with E-state index in [2.05, 4.69) is 9.97 Å². The molecule has 0 aliphatic carbocycles. The Bertz CT molecular complexity index is 1880. The van der Waals surface area contributed by atoms with Crippen LogP contribution in [0.3, 0.4) is 0 Å². The molecule has 0 radical (unpaired) electrons. The van der Waals surface area contributed by atoms with Gasteiger partial charge in [-0.05, 0) is 81.1 Å². The highest BCUT2D eigenvalue weighted by atomic mass is 19.1. The van der Waals surface area contributed by atoms with Crippen LogP contribution in [0.2, 0.25) is 0 Å². The number of hydrogen-bond acceptors (Lipinski definition) is 5. The van der Waals surface area contributed by atoms with Gasteiger partial charge < -0.3 is 9.30 Å². The van der Waals surface area contributed by atoms with Gasteiger partial charge in [-0.3, -0.25) is 14.6 Å². The van der Waals surface area contributed by atoms with Crippen molar-refractivity contribution in [2.24, 2.45) is 0 Å². The summed E-state index contributed by atoms with van der Waals surface area (Å²) >= 11 is 0. The molecule has 0 saturated carbocycles. The number of pyridine rings is 3. The van der Waals surface area contributed by atoms with Crippen molar-refractivity contribution < 1.29 is 18.3 Å². The van der Waals surface area contributed by atoms with Gasteiger partial charge in [0.2, 0.25) is 0 Å². The number of halogens is 2. The number of aryl methyl sites for hydroxylation is 2. The van der Waals surface area contributed by atoms with Gasteiger partial charge in [0.15, 0.2) is 28.5 Å². The second-order valence-corrected chi connectivity index (χ2v) is 10.6. The molecule has 0 bridgehead atoms. The lowest BCUT2D eigenvalue weighted by molar-refractivity contribution is 0.0991. The summed E-state index contributed by atoms with van der Waals surface area (Å²) in [7, 11) is 0. The van der Waals surface area contributed by atoms with Gasteiger partial charge >= 0.3 is 0 Å². The zero-order valence-corrected chi connectivity index (χ0v) is 24.2. The number of rotatable bonds is 8. The van der Waals surface area contributed by atoms with Gasteiger partial charge in [-0.2, -0.15) is 0 Å². The van der Waals surface area contributed by atoms with Crippen molar-refractivity contribution in [2.45, 2.75) is 53.5 Å². The highest BCUT2D eigenvalue weighted by Crippen LogP contribution is 2.31. The standard InChI is InChI=1S/C34H31F2N3O3/c1-6-27-20(4)15-28-33(38-27)31(13-14-37-28)42-30-12-7-22(16-26(30)36)17-29(40)25-18-39(19(2)3)21(5)32(34(25)41)23-8-10-24(35)11-9-23/h7-16,18-19H,6,17H2,1-5H3. The first-order chi connectivity index (χ1) is 20.1. The fraction of sp³-hybridized carbons (Fsp3) is 0.235. The van der Waals surface area contributed by atoms with Gasteiger partial charge in [-0.25, -0.2) is 13.8 Å². The van der Waals surface area contributed by atoms with Gasteiger partial charge in [0, 0.05) is 47.9 Å².